The maximum absolute atomic E-state index is 12.2. The molecule has 0 fully saturated rings. The van der Waals surface area contributed by atoms with Crippen LogP contribution >= 0.6 is 0 Å². The molecule has 2 aromatic carbocycles. The van der Waals surface area contributed by atoms with E-state index in [2.05, 4.69) is 10.6 Å². The summed E-state index contributed by atoms with van der Waals surface area (Å²) in [4.78, 5) is 24.2. The van der Waals surface area contributed by atoms with Gasteiger partial charge >= 0.3 is 0 Å². The van der Waals surface area contributed by atoms with Crippen LogP contribution in [0.1, 0.15) is 33.9 Å². The normalized spacial score (nSPS) is 15.8. The van der Waals surface area contributed by atoms with Crippen LogP contribution in [-0.2, 0) is 4.79 Å². The van der Waals surface area contributed by atoms with Gasteiger partial charge in [-0.05, 0) is 25.1 Å². The molecular formula is C19H20N2O3. The molecule has 2 aromatic rings. The molecule has 0 aliphatic carbocycles. The van der Waals surface area contributed by atoms with Crippen LogP contribution in [0.15, 0.2) is 48.5 Å². The Morgan fingerprint density at radius 3 is 2.83 bits per heavy atom. The van der Waals surface area contributed by atoms with E-state index >= 15 is 0 Å². The zero-order valence-electron chi connectivity index (χ0n) is 13.5. The SMILES string of the molecule is Cc1cccc(C(=O)NCC(=O)NC2CCOc3ccccc32)c1. The van der Waals surface area contributed by atoms with E-state index in [1.807, 2.05) is 43.3 Å². The second-order valence-electron chi connectivity index (χ2n) is 5.85. The summed E-state index contributed by atoms with van der Waals surface area (Å²) in [5, 5.41) is 5.62. The van der Waals surface area contributed by atoms with E-state index in [9.17, 15) is 9.59 Å². The van der Waals surface area contributed by atoms with Crippen LogP contribution in [0.25, 0.3) is 0 Å². The summed E-state index contributed by atoms with van der Waals surface area (Å²) in [7, 11) is 0. The van der Waals surface area contributed by atoms with Crippen LogP contribution in [0, 0.1) is 6.92 Å². The number of hydrogen-bond donors (Lipinski definition) is 2. The zero-order valence-corrected chi connectivity index (χ0v) is 13.5. The molecule has 2 amide bonds. The van der Waals surface area contributed by atoms with Crippen molar-refractivity contribution in [1.29, 1.82) is 0 Å². The predicted octanol–water partition coefficient (Wildman–Crippen LogP) is 2.36. The third-order valence-electron chi connectivity index (χ3n) is 3.98. The highest BCUT2D eigenvalue weighted by atomic mass is 16.5. The molecule has 5 nitrogen and oxygen atoms in total. The molecule has 0 saturated heterocycles. The molecule has 1 atom stereocenters. The fourth-order valence-electron chi connectivity index (χ4n) is 2.79. The van der Waals surface area contributed by atoms with Gasteiger partial charge in [-0.2, -0.15) is 0 Å². The lowest BCUT2D eigenvalue weighted by Crippen LogP contribution is -2.40. The largest absolute Gasteiger partial charge is 0.493 e. The minimum Gasteiger partial charge on any atom is -0.493 e. The molecule has 0 saturated carbocycles. The molecule has 1 unspecified atom stereocenters. The zero-order chi connectivity index (χ0) is 16.9. The minimum absolute atomic E-state index is 0.0493. The van der Waals surface area contributed by atoms with Crippen LogP contribution in [-0.4, -0.2) is 25.0 Å². The Morgan fingerprint density at radius 2 is 2.00 bits per heavy atom. The quantitative estimate of drug-likeness (QED) is 0.907. The summed E-state index contributed by atoms with van der Waals surface area (Å²) in [6, 6.07) is 14.9. The van der Waals surface area contributed by atoms with E-state index < -0.39 is 0 Å². The van der Waals surface area contributed by atoms with Crippen molar-refractivity contribution in [3.8, 4) is 5.75 Å². The standard InChI is InChI=1S/C19H20N2O3/c1-13-5-4-6-14(11-13)19(23)20-12-18(22)21-16-9-10-24-17-8-3-2-7-15(16)17/h2-8,11,16H,9-10,12H2,1H3,(H,20,23)(H,21,22). The van der Waals surface area contributed by atoms with Crippen molar-refractivity contribution >= 4 is 11.8 Å². The highest BCUT2D eigenvalue weighted by Gasteiger charge is 2.22. The number of ether oxygens (including phenoxy) is 1. The Bertz CT molecular complexity index is 758. The van der Waals surface area contributed by atoms with E-state index in [-0.39, 0.29) is 24.4 Å². The molecule has 124 valence electrons. The summed E-state index contributed by atoms with van der Waals surface area (Å²) in [6.07, 6.45) is 0.717. The van der Waals surface area contributed by atoms with Crippen LogP contribution in [0.5, 0.6) is 5.75 Å². The fourth-order valence-corrected chi connectivity index (χ4v) is 2.79. The maximum Gasteiger partial charge on any atom is 0.251 e. The molecule has 1 heterocycles. The molecule has 1 aliphatic heterocycles. The third-order valence-corrected chi connectivity index (χ3v) is 3.98. The summed E-state index contributed by atoms with van der Waals surface area (Å²) < 4.78 is 5.58. The Kier molecular flexibility index (Phi) is 4.79. The van der Waals surface area contributed by atoms with Gasteiger partial charge in [0.05, 0.1) is 19.2 Å². The second-order valence-corrected chi connectivity index (χ2v) is 5.85. The molecule has 1 aliphatic rings. The van der Waals surface area contributed by atoms with Gasteiger partial charge in [-0.3, -0.25) is 9.59 Å². The number of fused-ring (bicyclic) bond motifs is 1. The van der Waals surface area contributed by atoms with E-state index in [4.69, 9.17) is 4.74 Å². The highest BCUT2D eigenvalue weighted by molar-refractivity contribution is 5.96. The molecule has 5 heteroatoms. The Labute approximate surface area is 141 Å². The van der Waals surface area contributed by atoms with Crippen molar-refractivity contribution in [2.24, 2.45) is 0 Å². The van der Waals surface area contributed by atoms with Gasteiger partial charge in [0.2, 0.25) is 5.91 Å². The highest BCUT2D eigenvalue weighted by Crippen LogP contribution is 2.31. The van der Waals surface area contributed by atoms with Crippen LogP contribution in [0.2, 0.25) is 0 Å². The molecule has 3 rings (SSSR count). The summed E-state index contributed by atoms with van der Waals surface area (Å²) in [5.41, 5.74) is 2.53. The first-order valence-electron chi connectivity index (χ1n) is 7.99. The molecule has 24 heavy (non-hydrogen) atoms. The van der Waals surface area contributed by atoms with Crippen LogP contribution in [0.3, 0.4) is 0 Å². The molecule has 0 aromatic heterocycles. The van der Waals surface area contributed by atoms with Crippen molar-refractivity contribution in [2.75, 3.05) is 13.2 Å². The number of amides is 2. The summed E-state index contributed by atoms with van der Waals surface area (Å²) >= 11 is 0. The average molecular weight is 324 g/mol. The van der Waals surface area contributed by atoms with Gasteiger partial charge in [0, 0.05) is 17.5 Å². The number of carbonyl (C=O) groups excluding carboxylic acids is 2. The molecular weight excluding hydrogens is 304 g/mol. The minimum atomic E-state index is -0.249. The van der Waals surface area contributed by atoms with E-state index in [0.717, 1.165) is 16.9 Å². The lowest BCUT2D eigenvalue weighted by molar-refractivity contribution is -0.121. The van der Waals surface area contributed by atoms with Gasteiger partial charge in [0.1, 0.15) is 5.75 Å². The first kappa shape index (κ1) is 16.1. The molecule has 0 radical (unpaired) electrons. The van der Waals surface area contributed by atoms with Gasteiger partial charge in [0.15, 0.2) is 0 Å². The van der Waals surface area contributed by atoms with Crippen molar-refractivity contribution in [3.05, 3.63) is 65.2 Å². The first-order chi connectivity index (χ1) is 11.6. The van der Waals surface area contributed by atoms with Crippen LogP contribution in [0.4, 0.5) is 0 Å². The third kappa shape index (κ3) is 3.74. The number of rotatable bonds is 4. The summed E-state index contributed by atoms with van der Waals surface area (Å²) in [6.45, 7) is 2.44. The number of aryl methyl sites for hydroxylation is 1. The number of carbonyl (C=O) groups is 2. The fraction of sp³-hybridized carbons (Fsp3) is 0.263. The van der Waals surface area contributed by atoms with Crippen molar-refractivity contribution in [3.63, 3.8) is 0 Å². The number of benzene rings is 2. The van der Waals surface area contributed by atoms with E-state index in [0.29, 0.717) is 18.6 Å². The van der Waals surface area contributed by atoms with Gasteiger partial charge in [-0.15, -0.1) is 0 Å². The lowest BCUT2D eigenvalue weighted by Gasteiger charge is -2.26. The molecule has 0 bridgehead atoms. The van der Waals surface area contributed by atoms with Crippen molar-refractivity contribution in [1.82, 2.24) is 10.6 Å². The average Bonchev–Trinajstić information content (AvgIpc) is 2.60. The molecule has 2 N–H and O–H groups in total. The van der Waals surface area contributed by atoms with Gasteiger partial charge in [-0.25, -0.2) is 0 Å². The van der Waals surface area contributed by atoms with Gasteiger partial charge < -0.3 is 15.4 Å². The predicted molar refractivity (Wildman–Crippen MR) is 90.9 cm³/mol. The van der Waals surface area contributed by atoms with E-state index in [1.165, 1.54) is 0 Å². The summed E-state index contributed by atoms with van der Waals surface area (Å²) in [5.74, 6) is 0.344. The van der Waals surface area contributed by atoms with Gasteiger partial charge in [-0.1, -0.05) is 35.9 Å². The monoisotopic (exact) mass is 324 g/mol. The maximum atomic E-state index is 12.2. The van der Waals surface area contributed by atoms with Crippen LogP contribution < -0.4 is 15.4 Å². The molecule has 0 spiro atoms. The first-order valence-corrected chi connectivity index (χ1v) is 7.99. The van der Waals surface area contributed by atoms with Gasteiger partial charge in [0.25, 0.3) is 5.91 Å². The Morgan fingerprint density at radius 1 is 1.17 bits per heavy atom. The van der Waals surface area contributed by atoms with E-state index in [1.54, 1.807) is 12.1 Å². The number of hydrogen-bond acceptors (Lipinski definition) is 3. The number of para-hydroxylation sites is 1. The Balaban J connectivity index is 1.56. The van der Waals surface area contributed by atoms with Crippen molar-refractivity contribution < 1.29 is 14.3 Å². The second kappa shape index (κ2) is 7.17. The smallest absolute Gasteiger partial charge is 0.251 e. The van der Waals surface area contributed by atoms with Crippen molar-refractivity contribution in [2.45, 2.75) is 19.4 Å². The Hall–Kier alpha value is -2.82. The topological polar surface area (TPSA) is 67.4 Å². The lowest BCUT2D eigenvalue weighted by atomic mass is 10.0. The number of nitrogens with one attached hydrogen (secondary N) is 2.